The van der Waals surface area contributed by atoms with Crippen molar-refractivity contribution < 1.29 is 9.53 Å². The highest BCUT2D eigenvalue weighted by Crippen LogP contribution is 2.01. The summed E-state index contributed by atoms with van der Waals surface area (Å²) in [5.41, 5.74) is 2.00. The fourth-order valence-electron chi connectivity index (χ4n) is 1.55. The third kappa shape index (κ3) is 4.90. The predicted molar refractivity (Wildman–Crippen MR) is 78.6 cm³/mol. The Morgan fingerprint density at radius 2 is 1.80 bits per heavy atom. The minimum Gasteiger partial charge on any atom is -0.458 e. The number of pyridine rings is 1. The number of benzene rings is 1. The minimum absolute atomic E-state index is 0.290. The van der Waals surface area contributed by atoms with Crippen LogP contribution in [0, 0.1) is 0 Å². The normalized spacial score (nSPS) is 11.0. The van der Waals surface area contributed by atoms with E-state index in [0.717, 1.165) is 11.1 Å². The molecule has 0 atom stereocenters. The molecule has 1 heterocycles. The smallest absolute Gasteiger partial charge is 0.331 e. The summed E-state index contributed by atoms with van der Waals surface area (Å²) < 4.78 is 5.11. The summed E-state index contributed by atoms with van der Waals surface area (Å²) in [5, 5.41) is 0. The molecule has 2 rings (SSSR count). The van der Waals surface area contributed by atoms with E-state index in [9.17, 15) is 4.79 Å². The Labute approximate surface area is 118 Å². The maximum atomic E-state index is 11.5. The van der Waals surface area contributed by atoms with Crippen LogP contribution in [0.3, 0.4) is 0 Å². The molecule has 3 nitrogen and oxygen atoms in total. The summed E-state index contributed by atoms with van der Waals surface area (Å²) in [6.45, 7) is 0.290. The van der Waals surface area contributed by atoms with Crippen LogP contribution in [0.4, 0.5) is 0 Å². The lowest BCUT2D eigenvalue weighted by Gasteiger charge is -2.00. The first-order chi connectivity index (χ1) is 9.84. The van der Waals surface area contributed by atoms with Crippen LogP contribution in [-0.2, 0) is 16.1 Å². The molecule has 0 bridgehead atoms. The van der Waals surface area contributed by atoms with E-state index in [1.807, 2.05) is 48.5 Å². The molecule has 0 unspecified atom stereocenters. The Bertz CT molecular complexity index is 589. The van der Waals surface area contributed by atoms with Crippen molar-refractivity contribution in [3.8, 4) is 0 Å². The highest BCUT2D eigenvalue weighted by molar-refractivity contribution is 5.82. The average molecular weight is 265 g/mol. The van der Waals surface area contributed by atoms with Gasteiger partial charge < -0.3 is 4.74 Å². The molecule has 2 aromatic rings. The van der Waals surface area contributed by atoms with Gasteiger partial charge in [0.2, 0.25) is 0 Å². The average Bonchev–Trinajstić information content (AvgIpc) is 2.52. The topological polar surface area (TPSA) is 39.2 Å². The van der Waals surface area contributed by atoms with Gasteiger partial charge in [0, 0.05) is 18.5 Å². The molecule has 3 heteroatoms. The summed E-state index contributed by atoms with van der Waals surface area (Å²) in [6, 6.07) is 13.4. The van der Waals surface area contributed by atoms with E-state index in [2.05, 4.69) is 4.98 Å². The third-order valence-electron chi connectivity index (χ3n) is 2.56. The van der Waals surface area contributed by atoms with Gasteiger partial charge in [-0.05, 0) is 23.3 Å². The molecule has 1 aromatic carbocycles. The Morgan fingerprint density at radius 1 is 1.05 bits per heavy atom. The third-order valence-corrected chi connectivity index (χ3v) is 2.56. The maximum Gasteiger partial charge on any atom is 0.331 e. The van der Waals surface area contributed by atoms with Gasteiger partial charge in [0.05, 0.1) is 0 Å². The monoisotopic (exact) mass is 265 g/mol. The van der Waals surface area contributed by atoms with Crippen LogP contribution in [0.15, 0.2) is 73.1 Å². The summed E-state index contributed by atoms with van der Waals surface area (Å²) in [6.07, 6.45) is 10.2. The fourth-order valence-corrected chi connectivity index (χ4v) is 1.55. The predicted octanol–water partition coefficient (Wildman–Crippen LogP) is 3.39. The minimum atomic E-state index is -0.353. The molecule has 0 saturated carbocycles. The van der Waals surface area contributed by atoms with Crippen LogP contribution in [-0.4, -0.2) is 11.0 Å². The van der Waals surface area contributed by atoms with Gasteiger partial charge in [-0.3, -0.25) is 4.98 Å². The second kappa shape index (κ2) is 7.69. The zero-order valence-electron chi connectivity index (χ0n) is 11.0. The lowest BCUT2D eigenvalue weighted by molar-refractivity contribution is -0.139. The second-order valence-electron chi connectivity index (χ2n) is 4.09. The molecule has 0 fully saturated rings. The highest BCUT2D eigenvalue weighted by Gasteiger charge is 1.96. The van der Waals surface area contributed by atoms with E-state index in [0.29, 0.717) is 0 Å². The van der Waals surface area contributed by atoms with E-state index in [4.69, 9.17) is 4.74 Å². The van der Waals surface area contributed by atoms with Crippen molar-refractivity contribution in [1.29, 1.82) is 0 Å². The maximum absolute atomic E-state index is 11.5. The number of hydrogen-bond acceptors (Lipinski definition) is 3. The number of hydrogen-bond donors (Lipinski definition) is 0. The first-order valence-corrected chi connectivity index (χ1v) is 6.30. The number of carbonyl (C=O) groups excluding carboxylic acids is 1. The van der Waals surface area contributed by atoms with Crippen LogP contribution in [0.1, 0.15) is 11.1 Å². The molecular formula is C17H15NO2. The van der Waals surface area contributed by atoms with Gasteiger partial charge in [-0.25, -0.2) is 4.79 Å². The molecule has 100 valence electrons. The first-order valence-electron chi connectivity index (χ1n) is 6.30. The molecule has 0 saturated heterocycles. The number of ether oxygens (including phenoxy) is 1. The summed E-state index contributed by atoms with van der Waals surface area (Å²) >= 11 is 0. The van der Waals surface area contributed by atoms with Gasteiger partial charge in [-0.2, -0.15) is 0 Å². The zero-order valence-corrected chi connectivity index (χ0v) is 11.0. The number of aromatic nitrogens is 1. The Hall–Kier alpha value is -2.68. The van der Waals surface area contributed by atoms with Crippen LogP contribution < -0.4 is 0 Å². The van der Waals surface area contributed by atoms with Gasteiger partial charge >= 0.3 is 5.97 Å². The molecule has 0 aliphatic heterocycles. The Morgan fingerprint density at radius 3 is 2.55 bits per heavy atom. The Balaban J connectivity index is 1.77. The molecular weight excluding hydrogens is 250 g/mol. The standard InChI is InChI=1S/C17H15NO2/c19-17(20-14-16-7-2-1-3-8-16)9-5-4-6-15-10-12-18-13-11-15/h1-13H,14H2. The summed E-state index contributed by atoms with van der Waals surface area (Å²) in [4.78, 5) is 15.4. The largest absolute Gasteiger partial charge is 0.458 e. The van der Waals surface area contributed by atoms with Gasteiger partial charge in [-0.15, -0.1) is 0 Å². The Kier molecular flexibility index (Phi) is 5.28. The van der Waals surface area contributed by atoms with Crippen LogP contribution >= 0.6 is 0 Å². The van der Waals surface area contributed by atoms with Crippen molar-refractivity contribution in [1.82, 2.24) is 4.98 Å². The van der Waals surface area contributed by atoms with Gasteiger partial charge in [0.1, 0.15) is 6.61 Å². The lowest BCUT2D eigenvalue weighted by Crippen LogP contribution is -2.00. The zero-order chi connectivity index (χ0) is 14.0. The second-order valence-corrected chi connectivity index (χ2v) is 4.09. The van der Waals surface area contributed by atoms with Gasteiger partial charge in [-0.1, -0.05) is 48.6 Å². The number of allylic oxidation sites excluding steroid dienone is 2. The first kappa shape index (κ1) is 13.7. The van der Waals surface area contributed by atoms with Crippen molar-refractivity contribution in [3.63, 3.8) is 0 Å². The number of esters is 1. The molecule has 0 aliphatic rings. The molecule has 0 spiro atoms. The quantitative estimate of drug-likeness (QED) is 0.472. The van der Waals surface area contributed by atoms with Crippen molar-refractivity contribution in [2.45, 2.75) is 6.61 Å². The number of nitrogens with zero attached hydrogens (tertiary/aromatic N) is 1. The van der Waals surface area contributed by atoms with Crippen molar-refractivity contribution in [2.24, 2.45) is 0 Å². The van der Waals surface area contributed by atoms with Gasteiger partial charge in [0.25, 0.3) is 0 Å². The van der Waals surface area contributed by atoms with E-state index in [1.165, 1.54) is 6.08 Å². The molecule has 0 radical (unpaired) electrons. The van der Waals surface area contributed by atoms with Crippen molar-refractivity contribution in [3.05, 3.63) is 84.2 Å². The van der Waals surface area contributed by atoms with E-state index < -0.39 is 0 Å². The van der Waals surface area contributed by atoms with Crippen LogP contribution in [0.5, 0.6) is 0 Å². The number of rotatable bonds is 5. The highest BCUT2D eigenvalue weighted by atomic mass is 16.5. The van der Waals surface area contributed by atoms with E-state index in [-0.39, 0.29) is 12.6 Å². The molecule has 0 amide bonds. The van der Waals surface area contributed by atoms with Gasteiger partial charge in [0.15, 0.2) is 0 Å². The molecule has 20 heavy (non-hydrogen) atoms. The SMILES string of the molecule is O=C(C=CC=Cc1ccncc1)OCc1ccccc1. The van der Waals surface area contributed by atoms with Crippen molar-refractivity contribution in [2.75, 3.05) is 0 Å². The fraction of sp³-hybridized carbons (Fsp3) is 0.0588. The van der Waals surface area contributed by atoms with E-state index in [1.54, 1.807) is 24.5 Å². The molecule has 0 N–H and O–H groups in total. The van der Waals surface area contributed by atoms with Crippen LogP contribution in [0.2, 0.25) is 0 Å². The van der Waals surface area contributed by atoms with Crippen molar-refractivity contribution >= 4 is 12.0 Å². The van der Waals surface area contributed by atoms with Crippen LogP contribution in [0.25, 0.3) is 6.08 Å². The number of carbonyl (C=O) groups is 1. The lowest BCUT2D eigenvalue weighted by atomic mass is 10.2. The summed E-state index contributed by atoms with van der Waals surface area (Å²) in [5.74, 6) is -0.353. The summed E-state index contributed by atoms with van der Waals surface area (Å²) in [7, 11) is 0. The molecule has 1 aromatic heterocycles. The van der Waals surface area contributed by atoms with E-state index >= 15 is 0 Å². The molecule has 0 aliphatic carbocycles.